The molecule has 0 heterocycles. The van der Waals surface area contributed by atoms with E-state index in [2.05, 4.69) is 10.0 Å². The smallest absolute Gasteiger partial charge is 0.241 e. The van der Waals surface area contributed by atoms with Gasteiger partial charge in [0, 0.05) is 18.3 Å². The summed E-state index contributed by atoms with van der Waals surface area (Å²) >= 11 is 1.63. The first kappa shape index (κ1) is 18.5. The number of thioether (sulfide) groups is 1. The molecule has 1 aromatic rings. The third-order valence-corrected chi connectivity index (χ3v) is 5.66. The van der Waals surface area contributed by atoms with Gasteiger partial charge in [-0.1, -0.05) is 26.0 Å². The van der Waals surface area contributed by atoms with Gasteiger partial charge in [-0.05, 0) is 43.3 Å². The van der Waals surface area contributed by atoms with Crippen molar-refractivity contribution in [3.05, 3.63) is 29.3 Å². The molecule has 1 rings (SSSR count). The third kappa shape index (κ3) is 5.62. The summed E-state index contributed by atoms with van der Waals surface area (Å²) in [6.45, 7) is 7.44. The summed E-state index contributed by atoms with van der Waals surface area (Å²) in [6, 6.07) is 5.62. The molecule has 0 aromatic heterocycles. The Morgan fingerprint density at radius 1 is 1.29 bits per heavy atom. The molecule has 0 fully saturated rings. The van der Waals surface area contributed by atoms with E-state index in [0.717, 1.165) is 23.4 Å². The molecule has 21 heavy (non-hydrogen) atoms. The standard InChI is InChI=1S/C15H26N2O2S2/c1-5-14-8-7-13(10-16-6-2)9-15(14)21(18,19)17-12(3)11-20-4/h7-9,12,16-17H,5-6,10-11H2,1-4H3. The Hall–Kier alpha value is -0.560. The predicted molar refractivity (Wildman–Crippen MR) is 91.4 cm³/mol. The zero-order valence-corrected chi connectivity index (χ0v) is 14.9. The van der Waals surface area contributed by atoms with Crippen molar-refractivity contribution in [3.63, 3.8) is 0 Å². The van der Waals surface area contributed by atoms with Crippen LogP contribution in [0, 0.1) is 0 Å². The van der Waals surface area contributed by atoms with E-state index in [9.17, 15) is 8.42 Å². The van der Waals surface area contributed by atoms with Crippen LogP contribution in [0.2, 0.25) is 0 Å². The Bertz CT molecular complexity index is 545. The second-order valence-corrected chi connectivity index (χ2v) is 7.65. The van der Waals surface area contributed by atoms with E-state index in [0.29, 0.717) is 17.9 Å². The molecule has 0 saturated carbocycles. The SMILES string of the molecule is CCNCc1ccc(CC)c(S(=O)(=O)NC(C)CSC)c1. The highest BCUT2D eigenvalue weighted by Crippen LogP contribution is 2.19. The number of hydrogen-bond acceptors (Lipinski definition) is 4. The van der Waals surface area contributed by atoms with Crippen molar-refractivity contribution < 1.29 is 8.42 Å². The van der Waals surface area contributed by atoms with Gasteiger partial charge in [0.25, 0.3) is 0 Å². The minimum Gasteiger partial charge on any atom is -0.313 e. The molecule has 2 N–H and O–H groups in total. The van der Waals surface area contributed by atoms with Crippen molar-refractivity contribution in [1.82, 2.24) is 10.0 Å². The van der Waals surface area contributed by atoms with Gasteiger partial charge in [-0.25, -0.2) is 13.1 Å². The maximum absolute atomic E-state index is 12.6. The van der Waals surface area contributed by atoms with Crippen LogP contribution in [0.4, 0.5) is 0 Å². The van der Waals surface area contributed by atoms with Gasteiger partial charge in [0.05, 0.1) is 4.90 Å². The van der Waals surface area contributed by atoms with Gasteiger partial charge in [0.1, 0.15) is 0 Å². The lowest BCUT2D eigenvalue weighted by molar-refractivity contribution is 0.569. The molecule has 0 aliphatic heterocycles. The van der Waals surface area contributed by atoms with Crippen LogP contribution in [-0.4, -0.2) is 33.0 Å². The molecule has 0 aliphatic carbocycles. The lowest BCUT2D eigenvalue weighted by Gasteiger charge is -2.16. The zero-order valence-electron chi connectivity index (χ0n) is 13.3. The van der Waals surface area contributed by atoms with Gasteiger partial charge in [0.2, 0.25) is 10.0 Å². The van der Waals surface area contributed by atoms with Crippen LogP contribution in [0.15, 0.2) is 23.1 Å². The van der Waals surface area contributed by atoms with E-state index in [4.69, 9.17) is 0 Å². The van der Waals surface area contributed by atoms with Gasteiger partial charge in [0.15, 0.2) is 0 Å². The molecule has 6 heteroatoms. The summed E-state index contributed by atoms with van der Waals surface area (Å²) in [5.41, 5.74) is 1.85. The Balaban J connectivity index is 3.06. The first-order valence-electron chi connectivity index (χ1n) is 7.28. The molecular weight excluding hydrogens is 304 g/mol. The normalized spacial score (nSPS) is 13.3. The lowest BCUT2D eigenvalue weighted by atomic mass is 10.1. The van der Waals surface area contributed by atoms with Gasteiger partial charge in [-0.15, -0.1) is 0 Å². The van der Waals surface area contributed by atoms with Crippen molar-refractivity contribution in [2.45, 2.75) is 44.7 Å². The first-order valence-corrected chi connectivity index (χ1v) is 10.2. The van der Waals surface area contributed by atoms with Crippen LogP contribution < -0.4 is 10.0 Å². The number of nitrogens with one attached hydrogen (secondary N) is 2. The van der Waals surface area contributed by atoms with Crippen LogP contribution in [0.5, 0.6) is 0 Å². The van der Waals surface area contributed by atoms with Gasteiger partial charge in [-0.3, -0.25) is 0 Å². The Morgan fingerprint density at radius 2 is 2.00 bits per heavy atom. The average molecular weight is 331 g/mol. The molecule has 0 aliphatic rings. The van der Waals surface area contributed by atoms with Crippen LogP contribution >= 0.6 is 11.8 Å². The Morgan fingerprint density at radius 3 is 2.57 bits per heavy atom. The van der Waals surface area contributed by atoms with E-state index in [1.165, 1.54) is 0 Å². The van der Waals surface area contributed by atoms with Crippen LogP contribution in [0.25, 0.3) is 0 Å². The maximum Gasteiger partial charge on any atom is 0.241 e. The fourth-order valence-corrected chi connectivity index (χ4v) is 4.43. The van der Waals surface area contributed by atoms with Crippen LogP contribution in [0.3, 0.4) is 0 Å². The molecule has 120 valence electrons. The van der Waals surface area contributed by atoms with Crippen molar-refractivity contribution >= 4 is 21.8 Å². The number of sulfonamides is 1. The number of benzene rings is 1. The fourth-order valence-electron chi connectivity index (χ4n) is 2.13. The van der Waals surface area contributed by atoms with E-state index in [1.807, 2.05) is 39.2 Å². The number of rotatable bonds is 9. The summed E-state index contributed by atoms with van der Waals surface area (Å²) in [5.74, 6) is 0.762. The summed E-state index contributed by atoms with van der Waals surface area (Å²) in [4.78, 5) is 0.411. The van der Waals surface area contributed by atoms with Crippen molar-refractivity contribution in [1.29, 1.82) is 0 Å². The largest absolute Gasteiger partial charge is 0.313 e. The van der Waals surface area contributed by atoms with E-state index >= 15 is 0 Å². The van der Waals surface area contributed by atoms with Crippen molar-refractivity contribution in [3.8, 4) is 0 Å². The lowest BCUT2D eigenvalue weighted by Crippen LogP contribution is -2.34. The predicted octanol–water partition coefficient (Wildman–Crippen LogP) is 2.39. The van der Waals surface area contributed by atoms with Crippen LogP contribution in [0.1, 0.15) is 31.9 Å². The van der Waals surface area contributed by atoms with Gasteiger partial charge >= 0.3 is 0 Å². The van der Waals surface area contributed by atoms with Crippen molar-refractivity contribution in [2.24, 2.45) is 0 Å². The molecule has 1 unspecified atom stereocenters. The highest BCUT2D eigenvalue weighted by molar-refractivity contribution is 7.98. The fraction of sp³-hybridized carbons (Fsp3) is 0.600. The molecule has 1 aromatic carbocycles. The summed E-state index contributed by atoms with van der Waals surface area (Å²) in [7, 11) is -3.46. The Labute approximate surface area is 133 Å². The minimum atomic E-state index is -3.46. The average Bonchev–Trinajstić information content (AvgIpc) is 2.44. The molecule has 1 atom stereocenters. The summed E-state index contributed by atoms with van der Waals surface area (Å²) in [6.07, 6.45) is 2.67. The van der Waals surface area contributed by atoms with E-state index in [-0.39, 0.29) is 6.04 Å². The number of hydrogen-bond donors (Lipinski definition) is 2. The highest BCUT2D eigenvalue weighted by Gasteiger charge is 2.20. The monoisotopic (exact) mass is 330 g/mol. The van der Waals surface area contributed by atoms with Crippen molar-refractivity contribution in [2.75, 3.05) is 18.6 Å². The Kier molecular flexibility index (Phi) is 7.73. The first-order chi connectivity index (χ1) is 9.94. The molecule has 0 radical (unpaired) electrons. The van der Waals surface area contributed by atoms with E-state index in [1.54, 1.807) is 17.8 Å². The maximum atomic E-state index is 12.6. The number of aryl methyl sites for hydroxylation is 1. The molecule has 0 amide bonds. The molecule has 0 saturated heterocycles. The molecular formula is C15H26N2O2S2. The second-order valence-electron chi connectivity index (χ2n) is 5.05. The summed E-state index contributed by atoms with van der Waals surface area (Å²) in [5, 5.41) is 3.22. The van der Waals surface area contributed by atoms with E-state index < -0.39 is 10.0 Å². The zero-order chi connectivity index (χ0) is 15.9. The molecule has 0 bridgehead atoms. The summed E-state index contributed by atoms with van der Waals surface area (Å²) < 4.78 is 27.9. The van der Waals surface area contributed by atoms with Gasteiger partial charge < -0.3 is 5.32 Å². The van der Waals surface area contributed by atoms with Crippen LogP contribution in [-0.2, 0) is 23.0 Å². The second kappa shape index (κ2) is 8.78. The third-order valence-electron chi connectivity index (χ3n) is 3.15. The minimum absolute atomic E-state index is 0.0767. The topological polar surface area (TPSA) is 58.2 Å². The highest BCUT2D eigenvalue weighted by atomic mass is 32.2. The molecule has 4 nitrogen and oxygen atoms in total. The van der Waals surface area contributed by atoms with Gasteiger partial charge in [-0.2, -0.15) is 11.8 Å². The quantitative estimate of drug-likeness (QED) is 0.730. The molecule has 0 spiro atoms.